The quantitative estimate of drug-likeness (QED) is 0.829. The molecule has 0 heterocycles. The first-order valence-electron chi connectivity index (χ1n) is 7.60. The van der Waals surface area contributed by atoms with Gasteiger partial charge in [-0.25, -0.2) is 4.79 Å². The van der Waals surface area contributed by atoms with Gasteiger partial charge in [0.05, 0.1) is 0 Å². The van der Waals surface area contributed by atoms with Gasteiger partial charge in [-0.05, 0) is 56.8 Å². The van der Waals surface area contributed by atoms with E-state index < -0.39 is 12.0 Å². The fourth-order valence-corrected chi connectivity index (χ4v) is 4.16. The number of carbonyl (C=O) groups is 2. The highest BCUT2D eigenvalue weighted by Gasteiger charge is 2.43. The second-order valence-electron chi connectivity index (χ2n) is 6.69. The lowest BCUT2D eigenvalue weighted by atomic mass is 9.86. The Bertz CT molecular complexity index is 391. The second kappa shape index (κ2) is 4.80. The summed E-state index contributed by atoms with van der Waals surface area (Å²) < 4.78 is 0. The predicted molar refractivity (Wildman–Crippen MR) is 70.5 cm³/mol. The van der Waals surface area contributed by atoms with Crippen molar-refractivity contribution in [2.75, 3.05) is 0 Å². The molecule has 4 heteroatoms. The van der Waals surface area contributed by atoms with Crippen LogP contribution in [0.2, 0.25) is 0 Å². The number of fused-ring (bicyclic) bond motifs is 2. The lowest BCUT2D eigenvalue weighted by Gasteiger charge is -2.29. The number of rotatable bonds is 5. The summed E-state index contributed by atoms with van der Waals surface area (Å²) in [5.74, 6) is 1.29. The van der Waals surface area contributed by atoms with Crippen LogP contribution in [0, 0.1) is 17.8 Å². The molecule has 1 amide bonds. The maximum absolute atomic E-state index is 12.5. The standard InChI is InChI=1S/C15H23NO3/c1-9(15(18)19)16(13-4-5-13)14(17)8-12-7-10-2-3-11(12)6-10/h9-13H,2-8H2,1H3,(H,18,19). The molecule has 19 heavy (non-hydrogen) atoms. The first-order chi connectivity index (χ1) is 9.06. The normalized spacial score (nSPS) is 34.3. The van der Waals surface area contributed by atoms with Crippen molar-refractivity contribution < 1.29 is 14.7 Å². The van der Waals surface area contributed by atoms with Crippen molar-refractivity contribution >= 4 is 11.9 Å². The van der Waals surface area contributed by atoms with Gasteiger partial charge in [0, 0.05) is 12.5 Å². The van der Waals surface area contributed by atoms with E-state index in [4.69, 9.17) is 5.11 Å². The van der Waals surface area contributed by atoms with Crippen LogP contribution < -0.4 is 0 Å². The van der Waals surface area contributed by atoms with Crippen LogP contribution >= 0.6 is 0 Å². The Morgan fingerprint density at radius 2 is 1.95 bits per heavy atom. The lowest BCUT2D eigenvalue weighted by molar-refractivity contribution is -0.150. The van der Waals surface area contributed by atoms with Crippen LogP contribution in [0.4, 0.5) is 0 Å². The molecule has 106 valence electrons. The van der Waals surface area contributed by atoms with E-state index in [-0.39, 0.29) is 11.9 Å². The monoisotopic (exact) mass is 265 g/mol. The summed E-state index contributed by atoms with van der Waals surface area (Å²) in [6.07, 6.45) is 7.63. The highest BCUT2D eigenvalue weighted by molar-refractivity contribution is 5.84. The van der Waals surface area contributed by atoms with Crippen molar-refractivity contribution in [3.8, 4) is 0 Å². The summed E-state index contributed by atoms with van der Waals surface area (Å²) in [5, 5.41) is 9.15. The van der Waals surface area contributed by atoms with E-state index in [1.165, 1.54) is 25.7 Å². The SMILES string of the molecule is CC(C(=O)O)N(C(=O)CC1CC2CCC1C2)C1CC1. The van der Waals surface area contributed by atoms with Gasteiger partial charge in [-0.1, -0.05) is 6.42 Å². The van der Waals surface area contributed by atoms with E-state index in [9.17, 15) is 9.59 Å². The van der Waals surface area contributed by atoms with E-state index in [2.05, 4.69) is 0 Å². The van der Waals surface area contributed by atoms with Gasteiger partial charge < -0.3 is 10.0 Å². The first-order valence-corrected chi connectivity index (χ1v) is 7.60. The molecule has 0 saturated heterocycles. The van der Waals surface area contributed by atoms with Gasteiger partial charge in [0.2, 0.25) is 5.91 Å². The molecule has 4 unspecified atom stereocenters. The van der Waals surface area contributed by atoms with Crippen LogP contribution in [-0.2, 0) is 9.59 Å². The molecule has 3 fully saturated rings. The van der Waals surface area contributed by atoms with Crippen molar-refractivity contribution in [1.29, 1.82) is 0 Å². The summed E-state index contributed by atoms with van der Waals surface area (Å²) in [4.78, 5) is 25.3. The molecule has 0 radical (unpaired) electrons. The largest absolute Gasteiger partial charge is 0.480 e. The van der Waals surface area contributed by atoms with Gasteiger partial charge in [-0.2, -0.15) is 0 Å². The average molecular weight is 265 g/mol. The molecule has 3 aliphatic carbocycles. The summed E-state index contributed by atoms with van der Waals surface area (Å²) in [5.41, 5.74) is 0. The molecular formula is C15H23NO3. The van der Waals surface area contributed by atoms with E-state index in [1.807, 2.05) is 0 Å². The van der Waals surface area contributed by atoms with E-state index >= 15 is 0 Å². The number of nitrogens with zero attached hydrogens (tertiary/aromatic N) is 1. The van der Waals surface area contributed by atoms with Gasteiger partial charge >= 0.3 is 5.97 Å². The Balaban J connectivity index is 1.62. The van der Waals surface area contributed by atoms with E-state index in [1.54, 1.807) is 11.8 Å². The third-order valence-electron chi connectivity index (χ3n) is 5.32. The molecule has 1 N–H and O–H groups in total. The molecule has 0 spiro atoms. The van der Waals surface area contributed by atoms with Crippen LogP contribution in [0.15, 0.2) is 0 Å². The van der Waals surface area contributed by atoms with Crippen LogP contribution in [0.3, 0.4) is 0 Å². The fourth-order valence-electron chi connectivity index (χ4n) is 4.16. The summed E-state index contributed by atoms with van der Waals surface area (Å²) in [6, 6.07) is -0.476. The number of carbonyl (C=O) groups excluding carboxylic acids is 1. The van der Waals surface area contributed by atoms with Crippen molar-refractivity contribution in [2.45, 2.75) is 64.0 Å². The topological polar surface area (TPSA) is 57.6 Å². The summed E-state index contributed by atoms with van der Waals surface area (Å²) in [7, 11) is 0. The molecule has 4 nitrogen and oxygen atoms in total. The van der Waals surface area contributed by atoms with E-state index in [0.29, 0.717) is 12.3 Å². The van der Waals surface area contributed by atoms with Crippen LogP contribution in [0.5, 0.6) is 0 Å². The highest BCUT2D eigenvalue weighted by Crippen LogP contribution is 2.49. The Morgan fingerprint density at radius 3 is 2.42 bits per heavy atom. The number of hydrogen-bond acceptors (Lipinski definition) is 2. The van der Waals surface area contributed by atoms with Crippen molar-refractivity contribution in [2.24, 2.45) is 17.8 Å². The Morgan fingerprint density at radius 1 is 1.21 bits per heavy atom. The van der Waals surface area contributed by atoms with Crippen LogP contribution in [0.25, 0.3) is 0 Å². The average Bonchev–Trinajstić information content (AvgIpc) is 2.97. The molecule has 3 rings (SSSR count). The third kappa shape index (κ3) is 2.49. The molecule has 3 aliphatic rings. The minimum absolute atomic E-state index is 0.0787. The van der Waals surface area contributed by atoms with E-state index in [0.717, 1.165) is 24.7 Å². The Labute approximate surface area is 114 Å². The molecule has 0 aromatic carbocycles. The zero-order valence-corrected chi connectivity index (χ0v) is 11.5. The minimum atomic E-state index is -0.881. The number of hydrogen-bond donors (Lipinski definition) is 1. The summed E-state index contributed by atoms with van der Waals surface area (Å²) >= 11 is 0. The molecule has 4 atom stereocenters. The fraction of sp³-hybridized carbons (Fsp3) is 0.867. The molecule has 0 aliphatic heterocycles. The molecular weight excluding hydrogens is 242 g/mol. The Hall–Kier alpha value is -1.06. The van der Waals surface area contributed by atoms with Crippen molar-refractivity contribution in [3.05, 3.63) is 0 Å². The maximum atomic E-state index is 12.5. The highest BCUT2D eigenvalue weighted by atomic mass is 16.4. The predicted octanol–water partition coefficient (Wildman–Crippen LogP) is 2.28. The number of amides is 1. The molecule has 0 aromatic heterocycles. The minimum Gasteiger partial charge on any atom is -0.480 e. The van der Waals surface area contributed by atoms with Gasteiger partial charge in [-0.15, -0.1) is 0 Å². The third-order valence-corrected chi connectivity index (χ3v) is 5.32. The number of carboxylic acid groups (broad SMARTS) is 1. The van der Waals surface area contributed by atoms with Gasteiger partial charge in [0.1, 0.15) is 6.04 Å². The Kier molecular flexibility index (Phi) is 3.27. The lowest BCUT2D eigenvalue weighted by Crippen LogP contribution is -2.45. The van der Waals surface area contributed by atoms with Crippen LogP contribution in [0.1, 0.15) is 51.9 Å². The van der Waals surface area contributed by atoms with Gasteiger partial charge in [0.15, 0.2) is 0 Å². The van der Waals surface area contributed by atoms with Gasteiger partial charge in [-0.3, -0.25) is 4.79 Å². The number of carboxylic acids is 1. The zero-order valence-electron chi connectivity index (χ0n) is 11.5. The number of aliphatic carboxylic acids is 1. The van der Waals surface area contributed by atoms with Crippen molar-refractivity contribution in [1.82, 2.24) is 4.90 Å². The molecule has 3 saturated carbocycles. The van der Waals surface area contributed by atoms with Crippen molar-refractivity contribution in [3.63, 3.8) is 0 Å². The second-order valence-corrected chi connectivity index (χ2v) is 6.69. The van der Waals surface area contributed by atoms with Crippen LogP contribution in [-0.4, -0.2) is 34.0 Å². The first kappa shape index (κ1) is 12.9. The smallest absolute Gasteiger partial charge is 0.326 e. The molecule has 2 bridgehead atoms. The van der Waals surface area contributed by atoms with Gasteiger partial charge in [0.25, 0.3) is 0 Å². The summed E-state index contributed by atoms with van der Waals surface area (Å²) in [6.45, 7) is 1.64. The molecule has 0 aromatic rings. The maximum Gasteiger partial charge on any atom is 0.326 e. The zero-order chi connectivity index (χ0) is 13.6.